The monoisotopic (exact) mass is 413 g/mol. The quantitative estimate of drug-likeness (QED) is 0.686. The van der Waals surface area contributed by atoms with Gasteiger partial charge in [-0.05, 0) is 38.2 Å². The number of carbonyl (C=O) groups is 2. The molecule has 0 saturated carbocycles. The summed E-state index contributed by atoms with van der Waals surface area (Å²) in [4.78, 5) is 25.8. The molecule has 0 aromatic heterocycles. The molecule has 2 aromatic rings. The number of aryl methyl sites for hydroxylation is 1. The van der Waals surface area contributed by atoms with E-state index in [0.29, 0.717) is 16.4 Å². The van der Waals surface area contributed by atoms with Crippen molar-refractivity contribution in [2.75, 3.05) is 30.8 Å². The van der Waals surface area contributed by atoms with Gasteiger partial charge in [-0.2, -0.15) is 0 Å². The molecule has 0 unspecified atom stereocenters. The molecule has 2 aromatic carbocycles. The van der Waals surface area contributed by atoms with E-state index < -0.39 is 0 Å². The van der Waals surface area contributed by atoms with Crippen LogP contribution in [0.5, 0.6) is 0 Å². The van der Waals surface area contributed by atoms with Crippen LogP contribution in [0.1, 0.15) is 5.56 Å². The number of likely N-dealkylation sites (N-methyl/N-ethyl adjacent to an activating group) is 1. The van der Waals surface area contributed by atoms with Crippen molar-refractivity contribution in [3.05, 3.63) is 57.0 Å². The summed E-state index contributed by atoms with van der Waals surface area (Å²) >= 11 is 17.8. The van der Waals surface area contributed by atoms with Crippen LogP contribution in [-0.2, 0) is 9.59 Å². The number of amides is 2. The van der Waals surface area contributed by atoms with Crippen molar-refractivity contribution in [2.45, 2.75) is 6.92 Å². The van der Waals surface area contributed by atoms with E-state index in [9.17, 15) is 9.59 Å². The van der Waals surface area contributed by atoms with Crippen LogP contribution in [0.2, 0.25) is 15.1 Å². The van der Waals surface area contributed by atoms with Crippen LogP contribution in [0.3, 0.4) is 0 Å². The second kappa shape index (κ2) is 9.24. The summed E-state index contributed by atoms with van der Waals surface area (Å²) in [7, 11) is 1.67. The molecular formula is C18H18Cl3N3O2. The van der Waals surface area contributed by atoms with E-state index in [4.69, 9.17) is 34.8 Å². The molecule has 5 nitrogen and oxygen atoms in total. The summed E-state index contributed by atoms with van der Waals surface area (Å²) in [6, 6.07) is 10.4. The molecule has 0 bridgehead atoms. The lowest BCUT2D eigenvalue weighted by Gasteiger charge is -2.16. The van der Waals surface area contributed by atoms with Crippen molar-refractivity contribution in [1.82, 2.24) is 4.90 Å². The number of nitrogens with zero attached hydrogens (tertiary/aromatic N) is 1. The number of hydrogen-bond donors (Lipinski definition) is 2. The number of halogens is 3. The van der Waals surface area contributed by atoms with Crippen molar-refractivity contribution in [3.8, 4) is 0 Å². The smallest absolute Gasteiger partial charge is 0.238 e. The van der Waals surface area contributed by atoms with Gasteiger partial charge >= 0.3 is 0 Å². The molecule has 0 spiro atoms. The van der Waals surface area contributed by atoms with E-state index in [0.717, 1.165) is 5.56 Å². The van der Waals surface area contributed by atoms with Crippen LogP contribution < -0.4 is 10.6 Å². The minimum atomic E-state index is -0.323. The van der Waals surface area contributed by atoms with Crippen LogP contribution >= 0.6 is 34.8 Å². The van der Waals surface area contributed by atoms with Crippen molar-refractivity contribution in [1.29, 1.82) is 0 Å². The van der Waals surface area contributed by atoms with Gasteiger partial charge in [0.1, 0.15) is 0 Å². The SMILES string of the molecule is Cc1ccc(NC(=O)CN(C)CC(=O)Nc2cc(Cl)c(Cl)cc2Cl)cc1. The molecule has 0 radical (unpaired) electrons. The molecule has 8 heteroatoms. The second-order valence-corrected chi connectivity index (χ2v) is 7.10. The standard InChI is InChI=1S/C18H18Cl3N3O2/c1-11-3-5-12(6-4-11)22-17(25)9-24(2)10-18(26)23-16-8-14(20)13(19)7-15(16)21/h3-8H,9-10H2,1-2H3,(H,22,25)(H,23,26). The lowest BCUT2D eigenvalue weighted by Crippen LogP contribution is -2.36. The summed E-state index contributed by atoms with van der Waals surface area (Å²) in [6.07, 6.45) is 0. The van der Waals surface area contributed by atoms with E-state index in [1.165, 1.54) is 12.1 Å². The second-order valence-electron chi connectivity index (χ2n) is 5.88. The summed E-state index contributed by atoms with van der Waals surface area (Å²) in [5.41, 5.74) is 2.18. The van der Waals surface area contributed by atoms with Gasteiger partial charge in [-0.15, -0.1) is 0 Å². The van der Waals surface area contributed by atoms with E-state index in [1.54, 1.807) is 11.9 Å². The van der Waals surface area contributed by atoms with Gasteiger partial charge in [0.25, 0.3) is 0 Å². The molecule has 2 N–H and O–H groups in total. The lowest BCUT2D eigenvalue weighted by molar-refractivity contribution is -0.119. The predicted molar refractivity (Wildman–Crippen MR) is 107 cm³/mol. The van der Waals surface area contributed by atoms with E-state index in [-0.39, 0.29) is 34.9 Å². The van der Waals surface area contributed by atoms with Crippen LogP contribution in [-0.4, -0.2) is 36.9 Å². The fourth-order valence-electron chi connectivity index (χ4n) is 2.19. The first-order valence-electron chi connectivity index (χ1n) is 7.74. The van der Waals surface area contributed by atoms with Crippen molar-refractivity contribution in [2.24, 2.45) is 0 Å². The highest BCUT2D eigenvalue weighted by Gasteiger charge is 2.13. The molecule has 2 amide bonds. The number of anilines is 2. The van der Waals surface area contributed by atoms with Crippen molar-refractivity contribution < 1.29 is 9.59 Å². The first kappa shape index (κ1) is 20.5. The third-order valence-corrected chi connectivity index (χ3v) is 4.48. The zero-order valence-electron chi connectivity index (χ0n) is 14.3. The molecule has 0 aliphatic rings. The van der Waals surface area contributed by atoms with Gasteiger partial charge in [-0.1, -0.05) is 52.5 Å². The number of carbonyl (C=O) groups excluding carboxylic acids is 2. The van der Waals surface area contributed by atoms with Gasteiger partial charge in [0.2, 0.25) is 11.8 Å². The van der Waals surface area contributed by atoms with Gasteiger partial charge in [-0.3, -0.25) is 14.5 Å². The molecule has 138 valence electrons. The van der Waals surface area contributed by atoms with Gasteiger partial charge in [-0.25, -0.2) is 0 Å². The van der Waals surface area contributed by atoms with Gasteiger partial charge in [0.05, 0.1) is 33.8 Å². The number of hydrogen-bond acceptors (Lipinski definition) is 3. The summed E-state index contributed by atoms with van der Waals surface area (Å²) in [5.74, 6) is -0.535. The maximum Gasteiger partial charge on any atom is 0.238 e. The average molecular weight is 415 g/mol. The Hall–Kier alpha value is -1.79. The Morgan fingerprint density at radius 3 is 2.04 bits per heavy atom. The van der Waals surface area contributed by atoms with Gasteiger partial charge in [0.15, 0.2) is 0 Å². The third kappa shape index (κ3) is 6.18. The van der Waals surface area contributed by atoms with Crippen LogP contribution in [0.4, 0.5) is 11.4 Å². The highest BCUT2D eigenvalue weighted by molar-refractivity contribution is 6.44. The van der Waals surface area contributed by atoms with E-state index >= 15 is 0 Å². The molecule has 0 atom stereocenters. The number of rotatable bonds is 6. The molecule has 26 heavy (non-hydrogen) atoms. The molecule has 0 aliphatic carbocycles. The fraction of sp³-hybridized carbons (Fsp3) is 0.222. The first-order chi connectivity index (χ1) is 12.2. The molecule has 2 rings (SSSR count). The molecule has 0 heterocycles. The molecule has 0 saturated heterocycles. The molecule has 0 fully saturated rings. The first-order valence-corrected chi connectivity index (χ1v) is 8.87. The zero-order valence-corrected chi connectivity index (χ0v) is 16.5. The highest BCUT2D eigenvalue weighted by atomic mass is 35.5. The Kier molecular flexibility index (Phi) is 7.29. The predicted octanol–water partition coefficient (Wildman–Crippen LogP) is 4.46. The summed E-state index contributed by atoms with van der Waals surface area (Å²) in [6.45, 7) is 2.05. The highest BCUT2D eigenvalue weighted by Crippen LogP contribution is 2.32. The summed E-state index contributed by atoms with van der Waals surface area (Å²) < 4.78 is 0. The zero-order chi connectivity index (χ0) is 19.3. The maximum atomic E-state index is 12.1. The minimum Gasteiger partial charge on any atom is -0.325 e. The molecular weight excluding hydrogens is 397 g/mol. The Morgan fingerprint density at radius 1 is 0.885 bits per heavy atom. The third-order valence-electron chi connectivity index (χ3n) is 3.45. The Morgan fingerprint density at radius 2 is 1.42 bits per heavy atom. The van der Waals surface area contributed by atoms with Crippen LogP contribution in [0.25, 0.3) is 0 Å². The fourth-order valence-corrected chi connectivity index (χ4v) is 2.79. The van der Waals surface area contributed by atoms with E-state index in [1.807, 2.05) is 31.2 Å². The van der Waals surface area contributed by atoms with Crippen LogP contribution in [0, 0.1) is 6.92 Å². The number of benzene rings is 2. The lowest BCUT2D eigenvalue weighted by atomic mass is 10.2. The number of nitrogens with one attached hydrogen (secondary N) is 2. The Balaban J connectivity index is 1.85. The summed E-state index contributed by atoms with van der Waals surface area (Å²) in [5, 5.41) is 6.31. The Labute approximate surface area is 167 Å². The van der Waals surface area contributed by atoms with Gasteiger partial charge < -0.3 is 10.6 Å². The maximum absolute atomic E-state index is 12.1. The van der Waals surface area contributed by atoms with E-state index in [2.05, 4.69) is 10.6 Å². The average Bonchev–Trinajstić information content (AvgIpc) is 2.54. The van der Waals surface area contributed by atoms with Crippen LogP contribution in [0.15, 0.2) is 36.4 Å². The topological polar surface area (TPSA) is 61.4 Å². The Bertz CT molecular complexity index is 810. The largest absolute Gasteiger partial charge is 0.325 e. The van der Waals surface area contributed by atoms with Crippen molar-refractivity contribution >= 4 is 58.0 Å². The normalized spacial score (nSPS) is 10.7. The molecule has 0 aliphatic heterocycles. The van der Waals surface area contributed by atoms with Gasteiger partial charge in [0, 0.05) is 5.69 Å². The minimum absolute atomic E-state index is 0.0118. The van der Waals surface area contributed by atoms with Crippen molar-refractivity contribution in [3.63, 3.8) is 0 Å².